The Hall–Kier alpha value is -1.58. The van der Waals surface area contributed by atoms with Crippen molar-refractivity contribution < 1.29 is 19.8 Å². The Morgan fingerprint density at radius 1 is 1.14 bits per heavy atom. The van der Waals surface area contributed by atoms with Gasteiger partial charge >= 0.3 is 0 Å². The summed E-state index contributed by atoms with van der Waals surface area (Å²) >= 11 is 0. The van der Waals surface area contributed by atoms with Crippen molar-refractivity contribution >= 4 is 11.6 Å². The predicted octanol–water partition coefficient (Wildman–Crippen LogP) is 1.83. The fourth-order valence-electron chi connectivity index (χ4n) is 0.811. The van der Waals surface area contributed by atoms with Crippen LogP contribution in [0.1, 0.15) is 26.7 Å². The van der Waals surface area contributed by atoms with Crippen LogP contribution in [0.25, 0.3) is 0 Å². The van der Waals surface area contributed by atoms with Gasteiger partial charge in [0.15, 0.2) is 23.1 Å². The molecule has 0 fully saturated rings. The van der Waals surface area contributed by atoms with E-state index in [1.807, 2.05) is 6.92 Å². The predicted molar refractivity (Wildman–Crippen MR) is 52.0 cm³/mol. The van der Waals surface area contributed by atoms with Gasteiger partial charge in [0.25, 0.3) is 0 Å². The SMILES string of the molecule is CCCC(=O)/C=C(O)/C(O)=C/C(C)=O. The Balaban J connectivity index is 4.52. The summed E-state index contributed by atoms with van der Waals surface area (Å²) in [5.74, 6) is -1.83. The van der Waals surface area contributed by atoms with E-state index in [1.54, 1.807) is 0 Å². The van der Waals surface area contributed by atoms with Crippen LogP contribution in [0.2, 0.25) is 0 Å². The molecule has 0 unspecified atom stereocenters. The third-order valence-corrected chi connectivity index (χ3v) is 1.40. The number of carbonyl (C=O) groups excluding carboxylic acids is 2. The summed E-state index contributed by atoms with van der Waals surface area (Å²) in [5, 5.41) is 18.2. The van der Waals surface area contributed by atoms with Crippen molar-refractivity contribution in [2.45, 2.75) is 26.7 Å². The molecule has 0 aromatic rings. The van der Waals surface area contributed by atoms with Crippen molar-refractivity contribution in [3.8, 4) is 0 Å². The summed E-state index contributed by atoms with van der Waals surface area (Å²) in [6.45, 7) is 3.06. The minimum Gasteiger partial charge on any atom is -0.504 e. The molecule has 0 radical (unpaired) electrons. The summed E-state index contributed by atoms with van der Waals surface area (Å²) in [7, 11) is 0. The largest absolute Gasteiger partial charge is 0.504 e. The first-order valence-corrected chi connectivity index (χ1v) is 4.32. The number of aliphatic hydroxyl groups excluding tert-OH is 2. The van der Waals surface area contributed by atoms with Crippen molar-refractivity contribution in [2.24, 2.45) is 0 Å². The molecule has 0 saturated heterocycles. The molecule has 0 heterocycles. The zero-order valence-corrected chi connectivity index (χ0v) is 8.28. The Morgan fingerprint density at radius 3 is 2.07 bits per heavy atom. The average molecular weight is 198 g/mol. The van der Waals surface area contributed by atoms with Gasteiger partial charge in [-0.25, -0.2) is 0 Å². The Kier molecular flexibility index (Phi) is 5.29. The molecule has 0 atom stereocenters. The van der Waals surface area contributed by atoms with Gasteiger partial charge in [-0.05, 0) is 13.3 Å². The highest BCUT2D eigenvalue weighted by Gasteiger charge is 2.04. The number of carbonyl (C=O) groups is 2. The van der Waals surface area contributed by atoms with Crippen LogP contribution in [0.5, 0.6) is 0 Å². The average Bonchev–Trinajstić information content (AvgIpc) is 2.02. The summed E-state index contributed by atoms with van der Waals surface area (Å²) in [6, 6.07) is 0. The topological polar surface area (TPSA) is 74.6 Å². The normalized spacial score (nSPS) is 12.7. The zero-order chi connectivity index (χ0) is 11.1. The minimum absolute atomic E-state index is 0.284. The molecule has 0 rings (SSSR count). The van der Waals surface area contributed by atoms with Gasteiger partial charge in [-0.2, -0.15) is 0 Å². The molecule has 0 aliphatic rings. The fraction of sp³-hybridized carbons (Fsp3) is 0.400. The summed E-state index contributed by atoms with van der Waals surface area (Å²) in [4.78, 5) is 21.5. The molecule has 0 aromatic heterocycles. The lowest BCUT2D eigenvalue weighted by molar-refractivity contribution is -0.115. The number of hydrogen-bond donors (Lipinski definition) is 2. The second kappa shape index (κ2) is 5.96. The van der Waals surface area contributed by atoms with Crippen molar-refractivity contribution in [3.05, 3.63) is 23.7 Å². The molecule has 4 heteroatoms. The van der Waals surface area contributed by atoms with Crippen molar-refractivity contribution in [3.63, 3.8) is 0 Å². The smallest absolute Gasteiger partial charge is 0.161 e. The van der Waals surface area contributed by atoms with E-state index in [1.165, 1.54) is 6.92 Å². The van der Waals surface area contributed by atoms with Crippen LogP contribution in [0, 0.1) is 0 Å². The Labute approximate surface area is 82.6 Å². The first-order chi connectivity index (χ1) is 6.47. The zero-order valence-electron chi connectivity index (χ0n) is 8.28. The fourth-order valence-corrected chi connectivity index (χ4v) is 0.811. The molecule has 0 saturated carbocycles. The molecule has 0 aromatic carbocycles. The number of hydrogen-bond acceptors (Lipinski definition) is 4. The van der Waals surface area contributed by atoms with E-state index in [0.717, 1.165) is 12.2 Å². The van der Waals surface area contributed by atoms with Gasteiger partial charge in [-0.15, -0.1) is 0 Å². The molecular formula is C10H14O4. The van der Waals surface area contributed by atoms with Crippen LogP contribution in [0.3, 0.4) is 0 Å². The second-order valence-corrected chi connectivity index (χ2v) is 2.89. The van der Waals surface area contributed by atoms with Gasteiger partial charge in [-0.1, -0.05) is 6.92 Å². The van der Waals surface area contributed by atoms with Crippen molar-refractivity contribution in [1.29, 1.82) is 0 Å². The molecule has 4 nitrogen and oxygen atoms in total. The quantitative estimate of drug-likeness (QED) is 0.401. The third kappa shape index (κ3) is 5.13. The monoisotopic (exact) mass is 198 g/mol. The maximum absolute atomic E-state index is 11.0. The molecule has 78 valence electrons. The van der Waals surface area contributed by atoms with E-state index < -0.39 is 17.3 Å². The van der Waals surface area contributed by atoms with E-state index >= 15 is 0 Å². The molecule has 0 amide bonds. The molecule has 0 aliphatic carbocycles. The lowest BCUT2D eigenvalue weighted by atomic mass is 10.2. The van der Waals surface area contributed by atoms with E-state index in [4.69, 9.17) is 10.2 Å². The molecule has 0 bridgehead atoms. The maximum Gasteiger partial charge on any atom is 0.161 e. The van der Waals surface area contributed by atoms with Crippen molar-refractivity contribution in [1.82, 2.24) is 0 Å². The molecule has 14 heavy (non-hydrogen) atoms. The Bertz CT molecular complexity index is 286. The maximum atomic E-state index is 11.0. The summed E-state index contributed by atoms with van der Waals surface area (Å²) < 4.78 is 0. The summed E-state index contributed by atoms with van der Waals surface area (Å²) in [5.41, 5.74) is 0. The summed E-state index contributed by atoms with van der Waals surface area (Å²) in [6.07, 6.45) is 2.74. The van der Waals surface area contributed by atoms with Crippen LogP contribution >= 0.6 is 0 Å². The van der Waals surface area contributed by atoms with Gasteiger partial charge < -0.3 is 10.2 Å². The molecule has 2 N–H and O–H groups in total. The van der Waals surface area contributed by atoms with Crippen molar-refractivity contribution in [2.75, 3.05) is 0 Å². The highest BCUT2D eigenvalue weighted by atomic mass is 16.3. The second-order valence-electron chi connectivity index (χ2n) is 2.89. The van der Waals surface area contributed by atoms with Gasteiger partial charge in [0.1, 0.15) is 0 Å². The number of allylic oxidation sites excluding steroid dienone is 2. The van der Waals surface area contributed by atoms with Gasteiger partial charge in [0.05, 0.1) is 0 Å². The molecule has 0 spiro atoms. The van der Waals surface area contributed by atoms with Gasteiger partial charge in [-0.3, -0.25) is 9.59 Å². The first kappa shape index (κ1) is 12.4. The standard InChI is InChI=1S/C10H14O4/c1-3-4-8(12)6-10(14)9(13)5-7(2)11/h5-6,13-14H,3-4H2,1-2H3/b9-5-,10-6-. The highest BCUT2D eigenvalue weighted by molar-refractivity contribution is 5.91. The molecular weight excluding hydrogens is 184 g/mol. The van der Waals surface area contributed by atoms with E-state index in [0.29, 0.717) is 12.8 Å². The third-order valence-electron chi connectivity index (χ3n) is 1.40. The van der Waals surface area contributed by atoms with Crippen LogP contribution in [0.15, 0.2) is 23.7 Å². The van der Waals surface area contributed by atoms with Crippen LogP contribution in [-0.4, -0.2) is 21.8 Å². The number of aliphatic hydroxyl groups is 2. The van der Waals surface area contributed by atoms with E-state index in [2.05, 4.69) is 0 Å². The van der Waals surface area contributed by atoms with Gasteiger partial charge in [0.2, 0.25) is 0 Å². The van der Waals surface area contributed by atoms with Crippen LogP contribution < -0.4 is 0 Å². The number of rotatable bonds is 5. The van der Waals surface area contributed by atoms with Gasteiger partial charge in [0, 0.05) is 18.6 Å². The lowest BCUT2D eigenvalue weighted by Crippen LogP contribution is -1.98. The van der Waals surface area contributed by atoms with Crippen LogP contribution in [0.4, 0.5) is 0 Å². The molecule has 0 aliphatic heterocycles. The van der Waals surface area contributed by atoms with Crippen LogP contribution in [-0.2, 0) is 9.59 Å². The lowest BCUT2D eigenvalue weighted by Gasteiger charge is -1.97. The first-order valence-electron chi connectivity index (χ1n) is 4.32. The van der Waals surface area contributed by atoms with E-state index in [-0.39, 0.29) is 5.78 Å². The van der Waals surface area contributed by atoms with E-state index in [9.17, 15) is 9.59 Å². The number of ketones is 2. The Morgan fingerprint density at radius 2 is 1.64 bits per heavy atom. The minimum atomic E-state index is -0.582. The highest BCUT2D eigenvalue weighted by Crippen LogP contribution is 2.04.